The van der Waals surface area contributed by atoms with Gasteiger partial charge < -0.3 is 14.9 Å². The lowest BCUT2D eigenvalue weighted by Gasteiger charge is -2.16. The maximum atomic E-state index is 12.0. The van der Waals surface area contributed by atoms with Gasteiger partial charge in [-0.1, -0.05) is 23.7 Å². The van der Waals surface area contributed by atoms with Crippen LogP contribution in [0, 0.1) is 0 Å². The van der Waals surface area contributed by atoms with E-state index in [-0.39, 0.29) is 5.91 Å². The van der Waals surface area contributed by atoms with Gasteiger partial charge >= 0.3 is 0 Å². The fourth-order valence-electron chi connectivity index (χ4n) is 3.14. The van der Waals surface area contributed by atoms with Crippen LogP contribution in [-0.4, -0.2) is 37.0 Å². The van der Waals surface area contributed by atoms with Crippen molar-refractivity contribution in [3.05, 3.63) is 41.4 Å². The second-order valence-corrected chi connectivity index (χ2v) is 6.02. The van der Waals surface area contributed by atoms with Crippen molar-refractivity contribution in [1.82, 2.24) is 29.8 Å². The molecule has 4 heterocycles. The molecule has 4 aromatic rings. The number of imidazole rings is 1. The smallest absolute Gasteiger partial charge is 0.268 e. The Bertz CT molecular complexity index is 1130. The average Bonchev–Trinajstić information content (AvgIpc) is 3.17. The number of hydrogen-bond donors (Lipinski definition) is 2. The van der Waals surface area contributed by atoms with Gasteiger partial charge in [-0.05, 0) is 12.1 Å². The Labute approximate surface area is 140 Å². The van der Waals surface area contributed by atoms with E-state index in [9.17, 15) is 4.79 Å². The van der Waals surface area contributed by atoms with Gasteiger partial charge in [0.15, 0.2) is 10.8 Å². The molecule has 7 nitrogen and oxygen atoms in total. The van der Waals surface area contributed by atoms with Crippen LogP contribution >= 0.6 is 11.6 Å². The zero-order valence-corrected chi connectivity index (χ0v) is 13.1. The lowest BCUT2D eigenvalue weighted by atomic mass is 10.1. The molecule has 0 unspecified atom stereocenters. The van der Waals surface area contributed by atoms with E-state index >= 15 is 0 Å². The standard InChI is InChI=1S/C16H11ClN6O/c17-13-12-15(20-7-19-13)22-14(21-12)9-2-1-8-5-11-16(24)18-3-4-23(11)10(8)6-9/h1-2,5-7H,3-4H2,(H,18,24)(H,19,20,21,22). The van der Waals surface area contributed by atoms with Crippen LogP contribution in [-0.2, 0) is 6.54 Å². The molecule has 5 rings (SSSR count). The number of benzene rings is 1. The van der Waals surface area contributed by atoms with Crippen molar-refractivity contribution >= 4 is 39.6 Å². The van der Waals surface area contributed by atoms with Gasteiger partial charge in [-0.3, -0.25) is 4.79 Å². The first-order valence-electron chi connectivity index (χ1n) is 7.49. The van der Waals surface area contributed by atoms with Crippen molar-refractivity contribution < 1.29 is 4.79 Å². The van der Waals surface area contributed by atoms with E-state index in [1.54, 1.807) is 0 Å². The van der Waals surface area contributed by atoms with Crippen LogP contribution in [0.15, 0.2) is 30.6 Å². The van der Waals surface area contributed by atoms with Gasteiger partial charge in [-0.2, -0.15) is 0 Å². The number of aromatic amines is 1. The summed E-state index contributed by atoms with van der Waals surface area (Å²) in [6.07, 6.45) is 1.39. The molecule has 1 aliphatic heterocycles. The van der Waals surface area contributed by atoms with Gasteiger partial charge in [0.2, 0.25) is 0 Å². The van der Waals surface area contributed by atoms with Crippen molar-refractivity contribution in [2.45, 2.75) is 6.54 Å². The molecule has 2 N–H and O–H groups in total. The number of amides is 1. The highest BCUT2D eigenvalue weighted by Crippen LogP contribution is 2.28. The number of halogens is 1. The summed E-state index contributed by atoms with van der Waals surface area (Å²) < 4.78 is 2.03. The maximum Gasteiger partial charge on any atom is 0.268 e. The number of hydrogen-bond acceptors (Lipinski definition) is 4. The van der Waals surface area contributed by atoms with Crippen LogP contribution in [0.1, 0.15) is 10.5 Å². The molecule has 0 spiro atoms. The summed E-state index contributed by atoms with van der Waals surface area (Å²) in [6, 6.07) is 7.89. The van der Waals surface area contributed by atoms with Gasteiger partial charge in [0.05, 0.1) is 0 Å². The highest BCUT2D eigenvalue weighted by Gasteiger charge is 2.20. The normalized spacial score (nSPS) is 14.1. The summed E-state index contributed by atoms with van der Waals surface area (Å²) in [6.45, 7) is 1.39. The third-order valence-corrected chi connectivity index (χ3v) is 4.56. The van der Waals surface area contributed by atoms with Gasteiger partial charge in [-0.25, -0.2) is 15.0 Å². The number of H-pyrrole nitrogens is 1. The molecule has 0 saturated carbocycles. The topological polar surface area (TPSA) is 88.5 Å². The van der Waals surface area contributed by atoms with Crippen LogP contribution in [0.4, 0.5) is 0 Å². The molecule has 0 aliphatic carbocycles. The van der Waals surface area contributed by atoms with E-state index in [4.69, 9.17) is 11.6 Å². The Morgan fingerprint density at radius 1 is 1.21 bits per heavy atom. The minimum Gasteiger partial charge on any atom is -0.349 e. The van der Waals surface area contributed by atoms with Gasteiger partial charge in [0, 0.05) is 29.6 Å². The predicted octanol–water partition coefficient (Wildman–Crippen LogP) is 2.37. The second kappa shape index (κ2) is 4.78. The molecule has 0 bridgehead atoms. The van der Waals surface area contributed by atoms with E-state index in [0.29, 0.717) is 34.4 Å². The summed E-state index contributed by atoms with van der Waals surface area (Å²) in [5, 5.41) is 4.23. The molecule has 1 aromatic carbocycles. The van der Waals surface area contributed by atoms with Crippen LogP contribution in [0.5, 0.6) is 0 Å². The zero-order chi connectivity index (χ0) is 16.3. The Morgan fingerprint density at radius 2 is 2.12 bits per heavy atom. The molecule has 8 heteroatoms. The fourth-order valence-corrected chi connectivity index (χ4v) is 3.31. The molecule has 24 heavy (non-hydrogen) atoms. The molecule has 1 amide bonds. The number of rotatable bonds is 1. The van der Waals surface area contributed by atoms with Crippen molar-refractivity contribution in [2.75, 3.05) is 6.54 Å². The van der Waals surface area contributed by atoms with E-state index in [0.717, 1.165) is 23.0 Å². The number of nitrogens with one attached hydrogen (secondary N) is 2. The number of carbonyl (C=O) groups is 1. The first-order chi connectivity index (χ1) is 11.7. The molecule has 0 saturated heterocycles. The van der Waals surface area contributed by atoms with Crippen LogP contribution < -0.4 is 5.32 Å². The minimum atomic E-state index is -0.0372. The molecule has 0 atom stereocenters. The molecular weight excluding hydrogens is 328 g/mol. The number of aromatic nitrogens is 5. The highest BCUT2D eigenvalue weighted by molar-refractivity contribution is 6.33. The molecule has 0 fully saturated rings. The lowest BCUT2D eigenvalue weighted by molar-refractivity contribution is 0.0929. The van der Waals surface area contributed by atoms with Gasteiger partial charge in [0.25, 0.3) is 5.91 Å². The Balaban J connectivity index is 1.71. The molecular formula is C16H11ClN6O. The van der Waals surface area contributed by atoms with E-state index in [1.807, 2.05) is 28.8 Å². The summed E-state index contributed by atoms with van der Waals surface area (Å²) in [7, 11) is 0. The molecule has 3 aromatic heterocycles. The van der Waals surface area contributed by atoms with E-state index in [1.165, 1.54) is 6.33 Å². The zero-order valence-electron chi connectivity index (χ0n) is 12.4. The summed E-state index contributed by atoms with van der Waals surface area (Å²) >= 11 is 6.08. The van der Waals surface area contributed by atoms with Crippen molar-refractivity contribution in [3.63, 3.8) is 0 Å². The Hall–Kier alpha value is -2.93. The molecule has 118 valence electrons. The van der Waals surface area contributed by atoms with Crippen LogP contribution in [0.2, 0.25) is 5.15 Å². The van der Waals surface area contributed by atoms with Crippen LogP contribution in [0.25, 0.3) is 33.5 Å². The number of fused-ring (bicyclic) bond motifs is 4. The maximum absolute atomic E-state index is 12.0. The van der Waals surface area contributed by atoms with E-state index < -0.39 is 0 Å². The third kappa shape index (κ3) is 1.85. The summed E-state index contributed by atoms with van der Waals surface area (Å²) in [5.41, 5.74) is 3.75. The largest absolute Gasteiger partial charge is 0.349 e. The Morgan fingerprint density at radius 3 is 3.00 bits per heavy atom. The number of carbonyl (C=O) groups excluding carboxylic acids is 1. The quantitative estimate of drug-likeness (QED) is 0.521. The van der Waals surface area contributed by atoms with Crippen LogP contribution in [0.3, 0.4) is 0 Å². The lowest BCUT2D eigenvalue weighted by Crippen LogP contribution is -2.34. The second-order valence-electron chi connectivity index (χ2n) is 5.66. The monoisotopic (exact) mass is 338 g/mol. The van der Waals surface area contributed by atoms with Crippen molar-refractivity contribution in [2.24, 2.45) is 0 Å². The van der Waals surface area contributed by atoms with Gasteiger partial charge in [-0.15, -0.1) is 0 Å². The first-order valence-corrected chi connectivity index (χ1v) is 7.86. The third-order valence-electron chi connectivity index (χ3n) is 4.27. The van der Waals surface area contributed by atoms with Crippen molar-refractivity contribution in [3.8, 4) is 11.4 Å². The highest BCUT2D eigenvalue weighted by atomic mass is 35.5. The minimum absolute atomic E-state index is 0.0372. The Kier molecular flexibility index (Phi) is 2.69. The SMILES string of the molecule is O=C1NCCn2c1cc1ccc(-c3nc4ncnc(Cl)c4[nH]3)cc12. The number of nitrogens with zero attached hydrogens (tertiary/aromatic N) is 4. The first kappa shape index (κ1) is 13.5. The van der Waals surface area contributed by atoms with Crippen molar-refractivity contribution in [1.29, 1.82) is 0 Å². The van der Waals surface area contributed by atoms with Gasteiger partial charge in [0.1, 0.15) is 23.4 Å². The summed E-state index contributed by atoms with van der Waals surface area (Å²) in [5.74, 6) is 0.634. The average molecular weight is 339 g/mol. The van der Waals surface area contributed by atoms with E-state index in [2.05, 4.69) is 25.3 Å². The predicted molar refractivity (Wildman–Crippen MR) is 90.0 cm³/mol. The fraction of sp³-hybridized carbons (Fsp3) is 0.125. The molecule has 1 aliphatic rings. The summed E-state index contributed by atoms with van der Waals surface area (Å²) in [4.78, 5) is 27.7. The molecule has 0 radical (unpaired) electrons.